The molecule has 0 fully saturated rings. The topological polar surface area (TPSA) is 0 Å². The van der Waals surface area contributed by atoms with Crippen molar-refractivity contribution in [3.8, 4) is 11.1 Å². The van der Waals surface area contributed by atoms with Crippen LogP contribution in [0.25, 0.3) is 28.3 Å². The molecule has 0 amide bonds. The van der Waals surface area contributed by atoms with Crippen LogP contribution in [-0.4, -0.2) is 0 Å². The van der Waals surface area contributed by atoms with E-state index in [2.05, 4.69) is 166 Å². The molecule has 0 nitrogen and oxygen atoms in total. The Morgan fingerprint density at radius 1 is 0.636 bits per heavy atom. The molecule has 0 bridgehead atoms. The molecule has 0 heterocycles. The molecule has 4 aromatic carbocycles. The summed E-state index contributed by atoms with van der Waals surface area (Å²) in [5, 5.41) is 2.58. The SMILES string of the molecule is CC1=C(c2c(C(C)(C)C)c(=C(c3ccccc3)c3ccccc3)cc3c2=[C]c2cc(C(C)(C)C)ccc2-3)CC(C(C)(C)C)=C1. The van der Waals surface area contributed by atoms with Gasteiger partial charge in [0.1, 0.15) is 0 Å². The lowest BCUT2D eigenvalue weighted by molar-refractivity contribution is 0.497. The standard InChI is InChI=1S/C44H47/c1-28-23-33(43(5,6)7)26-35(28)40-37-25-31-24-32(42(2,3)4)21-22-34(31)36(37)27-38(41(40)44(8,9)10)39(29-17-13-11-14-18-29)30-19-15-12-16-20-30/h11-24,27H,26H2,1-10H3. The summed E-state index contributed by atoms with van der Waals surface area (Å²) in [5.41, 5.74) is 16.2. The molecule has 44 heavy (non-hydrogen) atoms. The highest BCUT2D eigenvalue weighted by atomic mass is 14.4. The fraction of sp³-hybridized carbons (Fsp3) is 0.318. The summed E-state index contributed by atoms with van der Waals surface area (Å²) in [6, 6.07) is 31.5. The van der Waals surface area contributed by atoms with Crippen molar-refractivity contribution in [1.82, 2.24) is 0 Å². The third-order valence-corrected chi connectivity index (χ3v) is 9.41. The van der Waals surface area contributed by atoms with E-state index >= 15 is 0 Å². The lowest BCUT2D eigenvalue weighted by Crippen LogP contribution is -2.32. The third-order valence-electron chi connectivity index (χ3n) is 9.41. The predicted molar refractivity (Wildman–Crippen MR) is 190 cm³/mol. The third kappa shape index (κ3) is 5.34. The number of hydrogen-bond donors (Lipinski definition) is 0. The zero-order valence-electron chi connectivity index (χ0n) is 28.4. The van der Waals surface area contributed by atoms with Gasteiger partial charge >= 0.3 is 0 Å². The monoisotopic (exact) mass is 575 g/mol. The molecule has 0 spiro atoms. The van der Waals surface area contributed by atoms with Crippen molar-refractivity contribution in [2.75, 3.05) is 0 Å². The highest BCUT2D eigenvalue weighted by molar-refractivity contribution is 5.92. The van der Waals surface area contributed by atoms with Crippen LogP contribution in [-0.2, 0) is 10.8 Å². The van der Waals surface area contributed by atoms with E-state index in [0.29, 0.717) is 0 Å². The van der Waals surface area contributed by atoms with E-state index in [1.807, 2.05) is 0 Å². The van der Waals surface area contributed by atoms with E-state index in [-0.39, 0.29) is 16.2 Å². The molecule has 0 saturated heterocycles. The summed E-state index contributed by atoms with van der Waals surface area (Å²) in [7, 11) is 0. The summed E-state index contributed by atoms with van der Waals surface area (Å²) in [4.78, 5) is 0. The molecular formula is C44H47. The molecule has 0 N–H and O–H groups in total. The van der Waals surface area contributed by atoms with Crippen molar-refractivity contribution in [3.63, 3.8) is 0 Å². The van der Waals surface area contributed by atoms with Crippen LogP contribution >= 0.6 is 0 Å². The van der Waals surface area contributed by atoms with Crippen molar-refractivity contribution in [2.45, 2.75) is 86.5 Å². The number of benzene rings is 4. The van der Waals surface area contributed by atoms with Gasteiger partial charge in [-0.15, -0.1) is 0 Å². The smallest absolute Gasteiger partial charge is 0.000731 e. The Morgan fingerprint density at radius 2 is 1.23 bits per heavy atom. The predicted octanol–water partition coefficient (Wildman–Crippen LogP) is 10.4. The number of rotatable bonds is 3. The van der Waals surface area contributed by atoms with E-state index in [1.54, 1.807) is 0 Å². The minimum atomic E-state index is -0.112. The normalized spacial score (nSPS) is 14.7. The van der Waals surface area contributed by atoms with Crippen molar-refractivity contribution in [3.05, 3.63) is 146 Å². The highest BCUT2D eigenvalue weighted by Crippen LogP contribution is 2.44. The van der Waals surface area contributed by atoms with Crippen LogP contribution in [0.3, 0.4) is 0 Å². The van der Waals surface area contributed by atoms with Gasteiger partial charge in [-0.05, 0) is 119 Å². The van der Waals surface area contributed by atoms with Gasteiger partial charge < -0.3 is 0 Å². The lowest BCUT2D eigenvalue weighted by atomic mass is 9.75. The Hall–Kier alpha value is -3.90. The van der Waals surface area contributed by atoms with Gasteiger partial charge in [0.25, 0.3) is 0 Å². The van der Waals surface area contributed by atoms with Gasteiger partial charge in [-0.25, -0.2) is 0 Å². The molecule has 0 atom stereocenters. The molecule has 223 valence electrons. The molecule has 0 aromatic heterocycles. The summed E-state index contributed by atoms with van der Waals surface area (Å²) >= 11 is 0. The zero-order chi connectivity index (χ0) is 31.6. The number of fused-ring (bicyclic) bond motifs is 3. The summed E-state index contributed by atoms with van der Waals surface area (Å²) in [6.45, 7) is 23.4. The highest BCUT2D eigenvalue weighted by Gasteiger charge is 2.32. The van der Waals surface area contributed by atoms with Crippen LogP contribution in [0.1, 0.15) is 109 Å². The van der Waals surface area contributed by atoms with Crippen LogP contribution in [0.5, 0.6) is 0 Å². The molecule has 4 aromatic rings. The van der Waals surface area contributed by atoms with Gasteiger partial charge in [0.15, 0.2) is 0 Å². The second-order valence-electron chi connectivity index (χ2n) is 15.8. The molecule has 0 unspecified atom stereocenters. The second-order valence-corrected chi connectivity index (χ2v) is 15.8. The van der Waals surface area contributed by atoms with Crippen LogP contribution < -0.4 is 10.4 Å². The van der Waals surface area contributed by atoms with Gasteiger partial charge in [-0.1, -0.05) is 147 Å². The number of hydrogen-bond acceptors (Lipinski definition) is 0. The Labute approximate surface area is 265 Å². The Kier molecular flexibility index (Phi) is 7.28. The van der Waals surface area contributed by atoms with E-state index < -0.39 is 0 Å². The average molecular weight is 576 g/mol. The maximum atomic E-state index is 4.00. The quantitative estimate of drug-likeness (QED) is 0.201. The van der Waals surface area contributed by atoms with Crippen molar-refractivity contribution in [2.24, 2.45) is 5.41 Å². The fourth-order valence-electron chi connectivity index (χ4n) is 6.97. The van der Waals surface area contributed by atoms with Gasteiger partial charge in [0.2, 0.25) is 0 Å². The van der Waals surface area contributed by atoms with Crippen LogP contribution in [0.2, 0.25) is 0 Å². The summed E-state index contributed by atoms with van der Waals surface area (Å²) < 4.78 is 0. The minimum Gasteiger partial charge on any atom is -0.0622 e. The fourth-order valence-corrected chi connectivity index (χ4v) is 6.97. The van der Waals surface area contributed by atoms with Crippen LogP contribution in [0.15, 0.2) is 102 Å². The molecule has 2 aliphatic carbocycles. The van der Waals surface area contributed by atoms with E-state index in [9.17, 15) is 0 Å². The zero-order valence-corrected chi connectivity index (χ0v) is 28.4. The van der Waals surface area contributed by atoms with E-state index in [1.165, 1.54) is 77.2 Å². The first-order valence-electron chi connectivity index (χ1n) is 16.2. The van der Waals surface area contributed by atoms with Crippen LogP contribution in [0.4, 0.5) is 0 Å². The van der Waals surface area contributed by atoms with Crippen LogP contribution in [0, 0.1) is 5.41 Å². The maximum Gasteiger partial charge on any atom is -0.000731 e. The molecule has 6 rings (SSSR count). The molecule has 0 heteroatoms. The first kappa shape index (κ1) is 30.1. The summed E-state index contributed by atoms with van der Waals surface area (Å²) in [6.07, 6.45) is 7.44. The average Bonchev–Trinajstić information content (AvgIpc) is 3.53. The minimum absolute atomic E-state index is 0.0771. The summed E-state index contributed by atoms with van der Waals surface area (Å²) in [5.74, 6) is 0. The lowest BCUT2D eigenvalue weighted by Gasteiger charge is -2.29. The van der Waals surface area contributed by atoms with Crippen molar-refractivity contribution >= 4 is 17.2 Å². The largest absolute Gasteiger partial charge is 0.0622 e. The van der Waals surface area contributed by atoms with Crippen molar-refractivity contribution in [1.29, 1.82) is 0 Å². The molecule has 0 aliphatic heterocycles. The Balaban J connectivity index is 1.82. The first-order valence-corrected chi connectivity index (χ1v) is 16.2. The van der Waals surface area contributed by atoms with E-state index in [4.69, 9.17) is 0 Å². The van der Waals surface area contributed by atoms with Gasteiger partial charge in [-0.2, -0.15) is 0 Å². The van der Waals surface area contributed by atoms with E-state index in [0.717, 1.165) is 6.42 Å². The first-order chi connectivity index (χ1) is 20.6. The second kappa shape index (κ2) is 10.6. The van der Waals surface area contributed by atoms with Gasteiger partial charge in [0.05, 0.1) is 0 Å². The Bertz CT molecular complexity index is 1900. The molecule has 1 radical (unpaired) electrons. The van der Waals surface area contributed by atoms with Gasteiger partial charge in [0, 0.05) is 0 Å². The number of allylic oxidation sites excluding steroid dienone is 4. The maximum absolute atomic E-state index is 4.00. The molecule has 0 saturated carbocycles. The van der Waals surface area contributed by atoms with Gasteiger partial charge in [-0.3, -0.25) is 0 Å². The molecule has 2 aliphatic rings. The van der Waals surface area contributed by atoms with Crippen molar-refractivity contribution < 1.29 is 0 Å². The molecular weight excluding hydrogens is 528 g/mol. The Morgan fingerprint density at radius 3 is 1.73 bits per heavy atom.